The summed E-state index contributed by atoms with van der Waals surface area (Å²) >= 11 is 1.67. The Morgan fingerprint density at radius 1 is 1.06 bits per heavy atom. The van der Waals surface area contributed by atoms with Crippen LogP contribution in [0.5, 0.6) is 0 Å². The fourth-order valence-electron chi connectivity index (χ4n) is 1.57. The molecule has 0 aliphatic carbocycles. The molecule has 0 N–H and O–H groups in total. The second-order valence-corrected chi connectivity index (χ2v) is 4.20. The SMILES string of the molecule is [Y].[Zn].[c-]1ccsc1-c1ccc2ccccc2n1. The summed E-state index contributed by atoms with van der Waals surface area (Å²) < 4.78 is 0. The minimum Gasteiger partial charge on any atom is -0.310 e. The number of nitrogens with zero attached hydrogens (tertiary/aromatic N) is 1. The van der Waals surface area contributed by atoms with Crippen LogP contribution < -0.4 is 0 Å². The number of hydrogen-bond acceptors (Lipinski definition) is 2. The molecule has 0 fully saturated rings. The fourth-order valence-corrected chi connectivity index (χ4v) is 2.22. The molecule has 0 unspecified atom stereocenters. The second-order valence-electron chi connectivity index (χ2n) is 3.28. The minimum atomic E-state index is 0. The fraction of sp³-hybridized carbons (Fsp3) is 0. The standard InChI is InChI=1S/C13H8NS.Y.Zn/c1-2-5-11-10(4-1)7-8-12(14-11)13-6-3-9-15-13;;/h1-5,7-9H;;/q-1;;. The van der Waals surface area contributed by atoms with Crippen molar-refractivity contribution >= 4 is 22.2 Å². The van der Waals surface area contributed by atoms with Crippen LogP contribution in [0.3, 0.4) is 0 Å². The van der Waals surface area contributed by atoms with Gasteiger partial charge in [0.1, 0.15) is 0 Å². The quantitative estimate of drug-likeness (QED) is 0.473. The van der Waals surface area contributed by atoms with Gasteiger partial charge in [0.05, 0.1) is 5.52 Å². The number of rotatable bonds is 1. The molecule has 77 valence electrons. The zero-order chi connectivity index (χ0) is 10.1. The van der Waals surface area contributed by atoms with Gasteiger partial charge in [-0.05, 0) is 17.1 Å². The maximum absolute atomic E-state index is 4.60. The molecule has 0 saturated carbocycles. The van der Waals surface area contributed by atoms with E-state index < -0.39 is 0 Å². The van der Waals surface area contributed by atoms with Crippen molar-refractivity contribution in [3.05, 3.63) is 53.9 Å². The van der Waals surface area contributed by atoms with Gasteiger partial charge in [0.2, 0.25) is 0 Å². The van der Waals surface area contributed by atoms with Crippen LogP contribution in [0.25, 0.3) is 21.5 Å². The average Bonchev–Trinajstić information content (AvgIpc) is 2.82. The van der Waals surface area contributed by atoms with E-state index in [1.54, 1.807) is 11.3 Å². The van der Waals surface area contributed by atoms with Crippen molar-refractivity contribution in [2.45, 2.75) is 0 Å². The molecule has 0 atom stereocenters. The Balaban J connectivity index is 0.000000722. The molecule has 0 saturated heterocycles. The maximum Gasteiger partial charge on any atom is 0.0559 e. The molecule has 1 radical (unpaired) electrons. The van der Waals surface area contributed by atoms with Gasteiger partial charge in [-0.3, -0.25) is 0 Å². The van der Waals surface area contributed by atoms with Crippen molar-refractivity contribution in [1.82, 2.24) is 4.98 Å². The molecule has 0 bridgehead atoms. The Morgan fingerprint density at radius 2 is 1.88 bits per heavy atom. The van der Waals surface area contributed by atoms with Crippen molar-refractivity contribution in [2.75, 3.05) is 0 Å². The van der Waals surface area contributed by atoms with E-state index in [1.807, 2.05) is 35.7 Å². The van der Waals surface area contributed by atoms with E-state index in [9.17, 15) is 0 Å². The van der Waals surface area contributed by atoms with Gasteiger partial charge in [0.25, 0.3) is 0 Å². The molecule has 0 spiro atoms. The van der Waals surface area contributed by atoms with Gasteiger partial charge in [-0.2, -0.15) is 12.1 Å². The van der Waals surface area contributed by atoms with Crippen molar-refractivity contribution in [1.29, 1.82) is 0 Å². The van der Waals surface area contributed by atoms with Gasteiger partial charge in [-0.1, -0.05) is 35.2 Å². The van der Waals surface area contributed by atoms with Crippen LogP contribution in [0, 0.1) is 6.07 Å². The largest absolute Gasteiger partial charge is 0.310 e. The van der Waals surface area contributed by atoms with Crippen molar-refractivity contribution in [3.8, 4) is 10.6 Å². The Kier molecular flexibility index (Phi) is 6.09. The monoisotopic (exact) mass is 363 g/mol. The molecule has 17 heavy (non-hydrogen) atoms. The molecule has 2 heterocycles. The molecule has 0 aliphatic heterocycles. The van der Waals surface area contributed by atoms with E-state index in [0.717, 1.165) is 16.1 Å². The van der Waals surface area contributed by atoms with E-state index in [-0.39, 0.29) is 52.2 Å². The van der Waals surface area contributed by atoms with Gasteiger partial charge in [0, 0.05) is 52.2 Å². The number of benzene rings is 1. The Labute approximate surface area is 142 Å². The van der Waals surface area contributed by atoms with Crippen molar-refractivity contribution in [3.63, 3.8) is 0 Å². The van der Waals surface area contributed by atoms with Gasteiger partial charge in [-0.15, -0.1) is 5.38 Å². The van der Waals surface area contributed by atoms with Crippen LogP contribution in [-0.4, -0.2) is 4.98 Å². The van der Waals surface area contributed by atoms with E-state index >= 15 is 0 Å². The zero-order valence-electron chi connectivity index (χ0n) is 9.26. The third-order valence-electron chi connectivity index (χ3n) is 2.30. The summed E-state index contributed by atoms with van der Waals surface area (Å²) in [5.41, 5.74) is 2.04. The molecule has 2 aromatic heterocycles. The number of hydrogen-bond donors (Lipinski definition) is 0. The molecule has 3 rings (SSSR count). The number of para-hydroxylation sites is 1. The van der Waals surface area contributed by atoms with Crippen LogP contribution in [0.4, 0.5) is 0 Å². The molecule has 1 aromatic carbocycles. The third-order valence-corrected chi connectivity index (χ3v) is 3.13. The van der Waals surface area contributed by atoms with Gasteiger partial charge < -0.3 is 4.98 Å². The molecule has 4 heteroatoms. The summed E-state index contributed by atoms with van der Waals surface area (Å²) in [6, 6.07) is 17.4. The van der Waals surface area contributed by atoms with Crippen molar-refractivity contribution < 1.29 is 52.2 Å². The van der Waals surface area contributed by atoms with Crippen molar-refractivity contribution in [2.24, 2.45) is 0 Å². The van der Waals surface area contributed by atoms with Crippen LogP contribution in [0.15, 0.2) is 47.8 Å². The topological polar surface area (TPSA) is 12.9 Å². The van der Waals surface area contributed by atoms with Gasteiger partial charge >= 0.3 is 0 Å². The maximum atomic E-state index is 4.60. The predicted octanol–water partition coefficient (Wildman–Crippen LogP) is 3.76. The summed E-state index contributed by atoms with van der Waals surface area (Å²) in [5, 5.41) is 3.20. The molecule has 0 amide bonds. The first-order valence-electron chi connectivity index (χ1n) is 4.75. The second kappa shape index (κ2) is 6.85. The Bertz CT molecular complexity index is 595. The van der Waals surface area contributed by atoms with E-state index in [1.165, 1.54) is 5.39 Å². The average molecular weight is 365 g/mol. The van der Waals surface area contributed by atoms with Crippen LogP contribution in [-0.2, 0) is 52.2 Å². The molecule has 0 aliphatic rings. The van der Waals surface area contributed by atoms with Crippen LogP contribution in [0.2, 0.25) is 0 Å². The molecule has 1 nitrogen and oxygen atoms in total. The predicted molar refractivity (Wildman–Crippen MR) is 63.9 cm³/mol. The summed E-state index contributed by atoms with van der Waals surface area (Å²) in [6.07, 6.45) is 0. The van der Waals surface area contributed by atoms with E-state index in [2.05, 4.69) is 23.2 Å². The summed E-state index contributed by atoms with van der Waals surface area (Å²) in [6.45, 7) is 0. The van der Waals surface area contributed by atoms with Crippen LogP contribution >= 0.6 is 11.3 Å². The van der Waals surface area contributed by atoms with Crippen LogP contribution in [0.1, 0.15) is 0 Å². The molecular formula is C13H8NSYZn-. The number of aromatic nitrogens is 1. The number of fused-ring (bicyclic) bond motifs is 1. The third kappa shape index (κ3) is 3.29. The normalized spacial score (nSPS) is 9.41. The summed E-state index contributed by atoms with van der Waals surface area (Å²) in [7, 11) is 0. The summed E-state index contributed by atoms with van der Waals surface area (Å²) in [5.74, 6) is 0. The number of thiophene rings is 1. The molecule has 3 aromatic rings. The van der Waals surface area contributed by atoms with Gasteiger partial charge in [0.15, 0.2) is 0 Å². The minimum absolute atomic E-state index is 0. The number of pyridine rings is 1. The first-order chi connectivity index (χ1) is 7.43. The van der Waals surface area contributed by atoms with E-state index in [4.69, 9.17) is 0 Å². The Morgan fingerprint density at radius 3 is 2.65 bits per heavy atom. The first kappa shape index (κ1) is 15.1. The zero-order valence-corrected chi connectivity index (χ0v) is 15.9. The van der Waals surface area contributed by atoms with E-state index in [0.29, 0.717) is 0 Å². The summed E-state index contributed by atoms with van der Waals surface area (Å²) in [4.78, 5) is 5.69. The smallest absolute Gasteiger partial charge is 0.0559 e. The molecular weight excluding hydrogens is 357 g/mol. The first-order valence-corrected chi connectivity index (χ1v) is 5.63. The Hall–Kier alpha value is 0.0573. The van der Waals surface area contributed by atoms with Gasteiger partial charge in [-0.25, -0.2) is 11.3 Å².